The first-order valence-electron chi connectivity index (χ1n) is 11.6. The van der Waals surface area contributed by atoms with E-state index in [1.807, 2.05) is 62.4 Å². The van der Waals surface area contributed by atoms with E-state index in [1.165, 1.54) is 11.3 Å². The molecule has 1 saturated heterocycles. The topological polar surface area (TPSA) is 107 Å². The molecule has 2 aromatic carbocycles. The van der Waals surface area contributed by atoms with E-state index in [2.05, 4.69) is 15.4 Å². The van der Waals surface area contributed by atoms with E-state index in [0.717, 1.165) is 21.3 Å². The van der Waals surface area contributed by atoms with Crippen molar-refractivity contribution in [3.05, 3.63) is 71.4 Å². The van der Waals surface area contributed by atoms with Crippen LogP contribution in [0, 0.1) is 13.8 Å². The fraction of sp³-hybridized carbons (Fsp3) is 0.231. The average molecular weight is 518 g/mol. The number of nitrogens with zero attached hydrogens (tertiary/aromatic N) is 4. The van der Waals surface area contributed by atoms with Crippen LogP contribution in [0.3, 0.4) is 0 Å². The molecule has 3 aromatic heterocycles. The van der Waals surface area contributed by atoms with Gasteiger partial charge in [0.15, 0.2) is 20.6 Å². The first-order chi connectivity index (χ1) is 17.3. The fourth-order valence-corrected chi connectivity index (χ4v) is 7.23. The van der Waals surface area contributed by atoms with E-state index in [1.54, 1.807) is 10.7 Å². The number of hydrogen-bond acceptors (Lipinski definition) is 7. The molecule has 1 amide bonds. The van der Waals surface area contributed by atoms with Crippen LogP contribution in [0.4, 0.5) is 5.13 Å². The number of carbonyl (C=O) groups excluding carboxylic acids is 1. The summed E-state index contributed by atoms with van der Waals surface area (Å²) in [6.07, 6.45) is 0.474. The van der Waals surface area contributed by atoms with Crippen molar-refractivity contribution in [3.8, 4) is 11.3 Å². The standard InChI is InChI=1S/C26H23N5O3S2/c1-15-7-9-17(10-8-15)21-13-19(25(32)29-26-28-20-5-3-4-6-22(20)35-26)23-16(2)30-31(24(23)27-21)18-11-12-36(33,34)14-18/h3-10,13,18H,11-12,14H2,1-2H3,(H,28,29,32). The van der Waals surface area contributed by atoms with Gasteiger partial charge < -0.3 is 0 Å². The van der Waals surface area contributed by atoms with E-state index >= 15 is 0 Å². The minimum Gasteiger partial charge on any atom is -0.298 e. The van der Waals surface area contributed by atoms with Gasteiger partial charge in [-0.25, -0.2) is 23.1 Å². The Bertz CT molecular complexity index is 1720. The lowest BCUT2D eigenvalue weighted by Gasteiger charge is -2.12. The second-order valence-corrected chi connectivity index (χ2v) is 12.4. The molecule has 0 saturated carbocycles. The molecular weight excluding hydrogens is 494 g/mol. The molecule has 1 aliphatic heterocycles. The Kier molecular flexibility index (Phi) is 5.38. The molecule has 1 atom stereocenters. The number of para-hydroxylation sites is 1. The van der Waals surface area contributed by atoms with E-state index in [0.29, 0.717) is 39.5 Å². The van der Waals surface area contributed by atoms with Gasteiger partial charge in [0.25, 0.3) is 5.91 Å². The summed E-state index contributed by atoms with van der Waals surface area (Å²) >= 11 is 1.41. The maximum atomic E-state index is 13.6. The lowest BCUT2D eigenvalue weighted by Crippen LogP contribution is -2.15. The smallest absolute Gasteiger partial charge is 0.258 e. The van der Waals surface area contributed by atoms with Crippen molar-refractivity contribution in [1.82, 2.24) is 19.7 Å². The second kappa shape index (κ2) is 8.49. The monoisotopic (exact) mass is 517 g/mol. The highest BCUT2D eigenvalue weighted by Gasteiger charge is 2.32. The number of aryl methyl sites for hydroxylation is 2. The number of pyridine rings is 1. The number of benzene rings is 2. The van der Waals surface area contributed by atoms with Gasteiger partial charge in [-0.3, -0.25) is 10.1 Å². The van der Waals surface area contributed by atoms with Gasteiger partial charge in [0.1, 0.15) is 0 Å². The van der Waals surface area contributed by atoms with Crippen LogP contribution in [0.1, 0.15) is 34.1 Å². The van der Waals surface area contributed by atoms with Crippen molar-refractivity contribution in [1.29, 1.82) is 0 Å². The molecule has 0 aliphatic carbocycles. The zero-order valence-electron chi connectivity index (χ0n) is 19.7. The first kappa shape index (κ1) is 22.8. The molecule has 0 bridgehead atoms. The Morgan fingerprint density at radius 1 is 1.08 bits per heavy atom. The van der Waals surface area contributed by atoms with Crippen molar-refractivity contribution in [2.24, 2.45) is 0 Å². The molecule has 1 fully saturated rings. The number of rotatable bonds is 4. The third kappa shape index (κ3) is 4.06. The van der Waals surface area contributed by atoms with E-state index in [9.17, 15) is 13.2 Å². The number of carbonyl (C=O) groups is 1. The van der Waals surface area contributed by atoms with Crippen LogP contribution in [0.5, 0.6) is 0 Å². The Labute approximate surface area is 211 Å². The van der Waals surface area contributed by atoms with Crippen LogP contribution >= 0.6 is 11.3 Å². The number of nitrogens with one attached hydrogen (secondary N) is 1. The number of thiazole rings is 1. The van der Waals surface area contributed by atoms with Crippen molar-refractivity contribution in [2.75, 3.05) is 16.8 Å². The highest BCUT2D eigenvalue weighted by atomic mass is 32.2. The molecular formula is C26H23N5O3S2. The summed E-state index contributed by atoms with van der Waals surface area (Å²) in [6, 6.07) is 17.1. The van der Waals surface area contributed by atoms with E-state index < -0.39 is 9.84 Å². The van der Waals surface area contributed by atoms with Crippen LogP contribution in [0.2, 0.25) is 0 Å². The molecule has 1 unspecified atom stereocenters. The normalized spacial score (nSPS) is 17.1. The molecule has 36 heavy (non-hydrogen) atoms. The van der Waals surface area contributed by atoms with Crippen LogP contribution in [-0.2, 0) is 9.84 Å². The van der Waals surface area contributed by atoms with Gasteiger partial charge in [0.05, 0.1) is 50.1 Å². The minimum atomic E-state index is -3.12. The van der Waals surface area contributed by atoms with Crippen LogP contribution in [0.15, 0.2) is 54.6 Å². The van der Waals surface area contributed by atoms with Gasteiger partial charge >= 0.3 is 0 Å². The summed E-state index contributed by atoms with van der Waals surface area (Å²) in [5.74, 6) is -0.162. The molecule has 4 heterocycles. The van der Waals surface area contributed by atoms with E-state index in [4.69, 9.17) is 4.98 Å². The maximum absolute atomic E-state index is 13.6. The van der Waals surface area contributed by atoms with Gasteiger partial charge in [-0.1, -0.05) is 53.3 Å². The van der Waals surface area contributed by atoms with Gasteiger partial charge in [0.2, 0.25) is 0 Å². The average Bonchev–Trinajstić information content (AvgIpc) is 3.53. The number of amides is 1. The number of fused-ring (bicyclic) bond motifs is 2. The lowest BCUT2D eigenvalue weighted by molar-refractivity contribution is 0.102. The maximum Gasteiger partial charge on any atom is 0.258 e. The molecule has 0 spiro atoms. The summed E-state index contributed by atoms with van der Waals surface area (Å²) in [7, 11) is -3.12. The van der Waals surface area contributed by atoms with Gasteiger partial charge in [0, 0.05) is 5.56 Å². The molecule has 8 nitrogen and oxygen atoms in total. The fourth-order valence-electron chi connectivity index (χ4n) is 4.68. The Balaban J connectivity index is 1.50. The lowest BCUT2D eigenvalue weighted by atomic mass is 10.0. The summed E-state index contributed by atoms with van der Waals surface area (Å²) in [6.45, 7) is 3.83. The summed E-state index contributed by atoms with van der Waals surface area (Å²) in [5.41, 5.74) is 5.00. The first-order valence-corrected chi connectivity index (χ1v) is 14.3. The number of aromatic nitrogens is 4. The second-order valence-electron chi connectivity index (χ2n) is 9.15. The molecule has 1 aliphatic rings. The van der Waals surface area contributed by atoms with Crippen molar-refractivity contribution in [3.63, 3.8) is 0 Å². The van der Waals surface area contributed by atoms with Crippen LogP contribution in [-0.4, -0.2) is 45.6 Å². The SMILES string of the molecule is Cc1ccc(-c2cc(C(=O)Nc3nc4ccccc4s3)c3c(C)nn(C4CCS(=O)(=O)C4)c3n2)cc1. The molecule has 10 heteroatoms. The van der Waals surface area contributed by atoms with Crippen molar-refractivity contribution >= 4 is 53.5 Å². The summed E-state index contributed by atoms with van der Waals surface area (Å²) < 4.78 is 27.1. The summed E-state index contributed by atoms with van der Waals surface area (Å²) in [4.78, 5) is 23.0. The molecule has 5 aromatic rings. The largest absolute Gasteiger partial charge is 0.298 e. The van der Waals surface area contributed by atoms with Crippen LogP contribution < -0.4 is 5.32 Å². The number of hydrogen-bond donors (Lipinski definition) is 1. The Morgan fingerprint density at radius 2 is 1.86 bits per heavy atom. The van der Waals surface area contributed by atoms with Crippen molar-refractivity contribution < 1.29 is 13.2 Å². The van der Waals surface area contributed by atoms with E-state index in [-0.39, 0.29) is 23.5 Å². The quantitative estimate of drug-likeness (QED) is 0.362. The van der Waals surface area contributed by atoms with Gasteiger partial charge in [-0.2, -0.15) is 5.10 Å². The summed E-state index contributed by atoms with van der Waals surface area (Å²) in [5, 5.41) is 8.75. The van der Waals surface area contributed by atoms with Crippen LogP contribution in [0.25, 0.3) is 32.5 Å². The predicted molar refractivity (Wildman–Crippen MR) is 142 cm³/mol. The number of sulfone groups is 1. The highest BCUT2D eigenvalue weighted by molar-refractivity contribution is 7.91. The predicted octanol–water partition coefficient (Wildman–Crippen LogP) is 4.94. The van der Waals surface area contributed by atoms with Gasteiger partial charge in [-0.05, 0) is 38.5 Å². The Hall–Kier alpha value is -3.63. The molecule has 182 valence electrons. The highest BCUT2D eigenvalue weighted by Crippen LogP contribution is 2.33. The Morgan fingerprint density at radius 3 is 2.58 bits per heavy atom. The molecule has 0 radical (unpaired) electrons. The molecule has 6 rings (SSSR count). The minimum absolute atomic E-state index is 0.0207. The third-order valence-corrected chi connectivity index (χ3v) is 9.20. The number of anilines is 1. The zero-order chi connectivity index (χ0) is 25.0. The third-order valence-electron chi connectivity index (χ3n) is 6.50. The zero-order valence-corrected chi connectivity index (χ0v) is 21.4. The van der Waals surface area contributed by atoms with Crippen molar-refractivity contribution in [2.45, 2.75) is 26.3 Å². The van der Waals surface area contributed by atoms with Gasteiger partial charge in [-0.15, -0.1) is 0 Å². The molecule has 1 N–H and O–H groups in total.